The van der Waals surface area contributed by atoms with Crippen molar-refractivity contribution in [3.05, 3.63) is 72.3 Å². The van der Waals surface area contributed by atoms with Crippen LogP contribution in [-0.2, 0) is 14.3 Å². The minimum absolute atomic E-state index is 0.0708. The van der Waals surface area contributed by atoms with Gasteiger partial charge in [0.25, 0.3) is 0 Å². The molecule has 0 bridgehead atoms. The quantitative estimate of drug-likeness (QED) is 0.585. The van der Waals surface area contributed by atoms with Gasteiger partial charge in [-0.25, -0.2) is 0 Å². The Balaban J connectivity index is 1.50. The first kappa shape index (κ1) is 21.8. The van der Waals surface area contributed by atoms with Gasteiger partial charge in [-0.2, -0.15) is 0 Å². The summed E-state index contributed by atoms with van der Waals surface area (Å²) in [5.74, 6) is -0.783. The third-order valence-electron chi connectivity index (χ3n) is 5.66. The molecule has 1 aliphatic heterocycles. The second kappa shape index (κ2) is 10.3. The zero-order valence-corrected chi connectivity index (χ0v) is 18.0. The van der Waals surface area contributed by atoms with Crippen LogP contribution in [-0.4, -0.2) is 56.7 Å². The maximum absolute atomic E-state index is 12.6. The van der Waals surface area contributed by atoms with E-state index < -0.39 is 11.8 Å². The van der Waals surface area contributed by atoms with Gasteiger partial charge in [0, 0.05) is 31.4 Å². The molecule has 0 spiro atoms. The van der Waals surface area contributed by atoms with E-state index in [0.717, 1.165) is 29.4 Å². The van der Waals surface area contributed by atoms with Crippen LogP contribution in [0.5, 0.6) is 5.75 Å². The predicted octanol–water partition coefficient (Wildman–Crippen LogP) is 2.98. The molecular weight excluding hydrogens is 406 g/mol. The van der Waals surface area contributed by atoms with Crippen molar-refractivity contribution in [3.63, 3.8) is 0 Å². The Morgan fingerprint density at radius 3 is 2.56 bits per heavy atom. The van der Waals surface area contributed by atoms with Gasteiger partial charge < -0.3 is 20.1 Å². The summed E-state index contributed by atoms with van der Waals surface area (Å²) in [7, 11) is 1.55. The Labute approximate surface area is 187 Å². The van der Waals surface area contributed by atoms with E-state index in [0.29, 0.717) is 31.2 Å². The third kappa shape index (κ3) is 5.07. The first-order chi connectivity index (χ1) is 15.7. The van der Waals surface area contributed by atoms with E-state index >= 15 is 0 Å². The van der Waals surface area contributed by atoms with Gasteiger partial charge in [-0.1, -0.05) is 48.5 Å². The molecule has 0 aliphatic carbocycles. The summed E-state index contributed by atoms with van der Waals surface area (Å²) in [4.78, 5) is 27.3. The molecule has 3 aromatic rings. The fourth-order valence-corrected chi connectivity index (χ4v) is 4.02. The number of anilines is 1. The largest absolute Gasteiger partial charge is 0.497 e. The highest BCUT2D eigenvalue weighted by atomic mass is 16.5. The van der Waals surface area contributed by atoms with E-state index in [2.05, 4.69) is 39.8 Å². The van der Waals surface area contributed by atoms with E-state index in [1.165, 1.54) is 0 Å². The monoisotopic (exact) mass is 433 g/mol. The molecule has 1 aliphatic rings. The van der Waals surface area contributed by atoms with Crippen molar-refractivity contribution in [2.75, 3.05) is 45.3 Å². The lowest BCUT2D eigenvalue weighted by Gasteiger charge is -2.35. The van der Waals surface area contributed by atoms with Crippen molar-refractivity contribution in [1.29, 1.82) is 0 Å². The highest BCUT2D eigenvalue weighted by Crippen LogP contribution is 2.28. The van der Waals surface area contributed by atoms with Crippen LogP contribution in [0.15, 0.2) is 66.7 Å². The number of carbonyl (C=O) groups is 2. The molecule has 1 fully saturated rings. The molecule has 1 saturated heterocycles. The molecule has 2 N–H and O–H groups in total. The smallest absolute Gasteiger partial charge is 0.313 e. The first-order valence-electron chi connectivity index (χ1n) is 10.7. The number of carbonyl (C=O) groups excluding carboxylic acids is 2. The van der Waals surface area contributed by atoms with Crippen LogP contribution in [0, 0.1) is 0 Å². The molecular formula is C25H27N3O4. The number of methoxy groups -OCH3 is 1. The maximum Gasteiger partial charge on any atom is 0.313 e. The van der Waals surface area contributed by atoms with Crippen molar-refractivity contribution in [1.82, 2.24) is 10.2 Å². The molecule has 2 amide bonds. The molecule has 0 saturated carbocycles. The Bertz CT molecular complexity index is 1090. The second-order valence-corrected chi connectivity index (χ2v) is 7.63. The van der Waals surface area contributed by atoms with Crippen molar-refractivity contribution in [3.8, 4) is 5.75 Å². The van der Waals surface area contributed by atoms with Crippen molar-refractivity contribution in [2.45, 2.75) is 6.04 Å². The third-order valence-corrected chi connectivity index (χ3v) is 5.66. The number of fused-ring (bicyclic) bond motifs is 1. The van der Waals surface area contributed by atoms with Gasteiger partial charge >= 0.3 is 11.8 Å². The zero-order chi connectivity index (χ0) is 22.3. The van der Waals surface area contributed by atoms with Gasteiger partial charge in [-0.05, 0) is 28.5 Å². The normalized spacial score (nSPS) is 15.2. The fraction of sp³-hybridized carbons (Fsp3) is 0.280. The number of benzene rings is 3. The lowest BCUT2D eigenvalue weighted by Crippen LogP contribution is -2.45. The Morgan fingerprint density at radius 2 is 1.75 bits per heavy atom. The van der Waals surface area contributed by atoms with E-state index in [-0.39, 0.29) is 6.04 Å². The fourth-order valence-electron chi connectivity index (χ4n) is 4.02. The van der Waals surface area contributed by atoms with Crippen LogP contribution >= 0.6 is 0 Å². The van der Waals surface area contributed by atoms with E-state index in [1.54, 1.807) is 31.4 Å². The highest BCUT2D eigenvalue weighted by Gasteiger charge is 2.25. The molecule has 3 aromatic carbocycles. The lowest BCUT2D eigenvalue weighted by atomic mass is 9.97. The van der Waals surface area contributed by atoms with Crippen molar-refractivity contribution < 1.29 is 19.1 Å². The van der Waals surface area contributed by atoms with Gasteiger partial charge in [-0.15, -0.1) is 0 Å². The number of nitrogens with zero attached hydrogens (tertiary/aromatic N) is 1. The molecule has 166 valence electrons. The lowest BCUT2D eigenvalue weighted by molar-refractivity contribution is -0.136. The standard InChI is InChI=1S/C25H27N3O4/c1-31-20-9-5-8-19(16-20)27-25(30)24(29)26-17-23(28-12-14-32-15-13-28)22-11-4-7-18-6-2-3-10-21(18)22/h2-11,16,23H,12-15,17H2,1H3,(H,26,29)(H,27,30). The number of hydrogen-bond donors (Lipinski definition) is 2. The number of nitrogens with one attached hydrogen (secondary N) is 2. The summed E-state index contributed by atoms with van der Waals surface area (Å²) in [6, 6.07) is 21.2. The maximum atomic E-state index is 12.6. The highest BCUT2D eigenvalue weighted by molar-refractivity contribution is 6.39. The van der Waals surface area contributed by atoms with E-state index in [4.69, 9.17) is 9.47 Å². The minimum atomic E-state index is -0.711. The molecule has 7 nitrogen and oxygen atoms in total. The van der Waals surface area contributed by atoms with Crippen LogP contribution in [0.25, 0.3) is 10.8 Å². The Hall–Kier alpha value is -3.42. The molecule has 7 heteroatoms. The number of ether oxygens (including phenoxy) is 2. The molecule has 0 radical (unpaired) electrons. The Morgan fingerprint density at radius 1 is 1.00 bits per heavy atom. The number of hydrogen-bond acceptors (Lipinski definition) is 5. The average Bonchev–Trinajstić information content (AvgIpc) is 2.85. The van der Waals surface area contributed by atoms with Gasteiger partial charge in [0.05, 0.1) is 26.4 Å². The summed E-state index contributed by atoms with van der Waals surface area (Å²) in [5.41, 5.74) is 1.63. The molecule has 1 atom stereocenters. The number of amides is 2. The van der Waals surface area contributed by atoms with Gasteiger partial charge in [0.2, 0.25) is 0 Å². The SMILES string of the molecule is COc1cccc(NC(=O)C(=O)NCC(c2cccc3ccccc23)N2CCOCC2)c1. The summed E-state index contributed by atoms with van der Waals surface area (Å²) < 4.78 is 10.7. The van der Waals surface area contributed by atoms with Crippen LogP contribution in [0.2, 0.25) is 0 Å². The summed E-state index contributed by atoms with van der Waals surface area (Å²) in [6.45, 7) is 3.13. The van der Waals surface area contributed by atoms with Crippen molar-refractivity contribution >= 4 is 28.3 Å². The number of morpholine rings is 1. The van der Waals surface area contributed by atoms with Crippen LogP contribution < -0.4 is 15.4 Å². The van der Waals surface area contributed by atoms with E-state index in [1.807, 2.05) is 18.2 Å². The van der Waals surface area contributed by atoms with E-state index in [9.17, 15) is 9.59 Å². The molecule has 32 heavy (non-hydrogen) atoms. The predicted molar refractivity (Wildman–Crippen MR) is 124 cm³/mol. The van der Waals surface area contributed by atoms with Gasteiger partial charge in [-0.3, -0.25) is 14.5 Å². The second-order valence-electron chi connectivity index (χ2n) is 7.63. The van der Waals surface area contributed by atoms with Gasteiger partial charge in [0.1, 0.15) is 5.75 Å². The molecule has 0 aromatic heterocycles. The van der Waals surface area contributed by atoms with Crippen LogP contribution in [0.1, 0.15) is 11.6 Å². The van der Waals surface area contributed by atoms with Crippen LogP contribution in [0.4, 0.5) is 5.69 Å². The average molecular weight is 434 g/mol. The molecule has 4 rings (SSSR count). The minimum Gasteiger partial charge on any atom is -0.497 e. The van der Waals surface area contributed by atoms with Crippen molar-refractivity contribution in [2.24, 2.45) is 0 Å². The molecule has 1 heterocycles. The number of rotatable bonds is 6. The van der Waals surface area contributed by atoms with Gasteiger partial charge in [0.15, 0.2) is 0 Å². The first-order valence-corrected chi connectivity index (χ1v) is 10.7. The topological polar surface area (TPSA) is 79.9 Å². The zero-order valence-electron chi connectivity index (χ0n) is 18.0. The van der Waals surface area contributed by atoms with Crippen LogP contribution in [0.3, 0.4) is 0 Å². The summed E-state index contributed by atoms with van der Waals surface area (Å²) >= 11 is 0. The Kier molecular flexibility index (Phi) is 6.99. The summed E-state index contributed by atoms with van der Waals surface area (Å²) in [5, 5.41) is 7.74. The molecule has 1 unspecified atom stereocenters. The summed E-state index contributed by atoms with van der Waals surface area (Å²) in [6.07, 6.45) is 0.